The average molecular weight is 493 g/mol. The van der Waals surface area contributed by atoms with Gasteiger partial charge in [-0.15, -0.1) is 0 Å². The molecule has 0 aliphatic carbocycles. The maximum absolute atomic E-state index is 12.0. The first-order valence-electron chi connectivity index (χ1n) is 12.4. The van der Waals surface area contributed by atoms with E-state index in [1.165, 1.54) is 6.33 Å². The SMILES string of the molecule is CC(C)(C)c1cc(CNc2ncnc3cc(N4CCNCC4)c([N+](=O)[O-])cc23)cc(C(C)(C)C)c1O. The Bertz CT molecular complexity index is 1250. The van der Waals surface area contributed by atoms with Crippen molar-refractivity contribution in [2.75, 3.05) is 36.4 Å². The zero-order chi connectivity index (χ0) is 26.3. The molecule has 0 saturated carbocycles. The van der Waals surface area contributed by atoms with Crippen molar-refractivity contribution in [1.82, 2.24) is 15.3 Å². The van der Waals surface area contributed by atoms with Gasteiger partial charge in [0.15, 0.2) is 0 Å². The number of phenols is 1. The number of hydrogen-bond donors (Lipinski definition) is 3. The van der Waals surface area contributed by atoms with E-state index in [1.807, 2.05) is 17.0 Å². The highest BCUT2D eigenvalue weighted by Gasteiger charge is 2.27. The standard InChI is InChI=1S/C27H36N6O3/c1-26(2,3)19-11-17(12-20(24(19)34)27(4,5)6)15-29-25-18-13-23(33(35)36)22(14-21(18)30-16-31-25)32-9-7-28-8-10-32/h11-14,16,28,34H,7-10,15H2,1-6H3,(H,29,30,31). The van der Waals surface area contributed by atoms with E-state index in [0.29, 0.717) is 47.8 Å². The summed E-state index contributed by atoms with van der Waals surface area (Å²) in [4.78, 5) is 22.5. The highest BCUT2D eigenvalue weighted by atomic mass is 16.6. The number of nitro benzene ring substituents is 1. The fourth-order valence-corrected chi connectivity index (χ4v) is 4.65. The molecule has 0 unspecified atom stereocenters. The molecule has 0 radical (unpaired) electrons. The molecular formula is C27H36N6O3. The summed E-state index contributed by atoms with van der Waals surface area (Å²) < 4.78 is 0. The van der Waals surface area contributed by atoms with Crippen LogP contribution in [0.25, 0.3) is 10.9 Å². The summed E-state index contributed by atoms with van der Waals surface area (Å²) in [6.07, 6.45) is 1.48. The lowest BCUT2D eigenvalue weighted by atomic mass is 9.78. The molecule has 0 bridgehead atoms. The van der Waals surface area contributed by atoms with E-state index in [4.69, 9.17) is 0 Å². The summed E-state index contributed by atoms with van der Waals surface area (Å²) in [6, 6.07) is 7.41. The first-order chi connectivity index (χ1) is 16.9. The number of benzene rings is 2. The summed E-state index contributed by atoms with van der Waals surface area (Å²) in [5.41, 5.74) is 3.60. The van der Waals surface area contributed by atoms with E-state index in [9.17, 15) is 15.2 Å². The molecule has 2 heterocycles. The Morgan fingerprint density at radius 2 is 1.64 bits per heavy atom. The molecule has 9 heteroatoms. The molecule has 1 aliphatic rings. The lowest BCUT2D eigenvalue weighted by Gasteiger charge is -2.29. The second-order valence-electron chi connectivity index (χ2n) is 11.5. The molecule has 0 atom stereocenters. The highest BCUT2D eigenvalue weighted by molar-refractivity contribution is 5.94. The third-order valence-corrected chi connectivity index (χ3v) is 6.63. The smallest absolute Gasteiger partial charge is 0.293 e. The van der Waals surface area contributed by atoms with Gasteiger partial charge in [0.05, 0.1) is 10.4 Å². The number of nitrogens with zero attached hydrogens (tertiary/aromatic N) is 4. The normalized spacial score (nSPS) is 14.8. The molecule has 9 nitrogen and oxygen atoms in total. The highest BCUT2D eigenvalue weighted by Crippen LogP contribution is 2.40. The average Bonchev–Trinajstić information content (AvgIpc) is 2.81. The summed E-state index contributed by atoms with van der Waals surface area (Å²) in [6.45, 7) is 15.9. The molecule has 36 heavy (non-hydrogen) atoms. The molecule has 4 rings (SSSR count). The van der Waals surface area contributed by atoms with Gasteiger partial charge in [0.1, 0.15) is 23.6 Å². The maximum Gasteiger partial charge on any atom is 0.293 e. The van der Waals surface area contributed by atoms with Crippen LogP contribution in [0.3, 0.4) is 0 Å². The van der Waals surface area contributed by atoms with Crippen molar-refractivity contribution in [3.8, 4) is 5.75 Å². The molecule has 3 aromatic rings. The van der Waals surface area contributed by atoms with E-state index in [1.54, 1.807) is 12.1 Å². The van der Waals surface area contributed by atoms with E-state index in [-0.39, 0.29) is 21.4 Å². The Hall–Kier alpha value is -3.46. The molecule has 0 amide bonds. The van der Waals surface area contributed by atoms with Crippen LogP contribution in [0.2, 0.25) is 0 Å². The fraction of sp³-hybridized carbons (Fsp3) is 0.481. The van der Waals surface area contributed by atoms with Gasteiger partial charge in [0.25, 0.3) is 5.69 Å². The second-order valence-corrected chi connectivity index (χ2v) is 11.5. The Kier molecular flexibility index (Phi) is 6.79. The largest absolute Gasteiger partial charge is 0.507 e. The first kappa shape index (κ1) is 25.6. The van der Waals surface area contributed by atoms with Crippen molar-refractivity contribution < 1.29 is 10.0 Å². The van der Waals surface area contributed by atoms with Gasteiger partial charge in [0, 0.05) is 44.2 Å². The van der Waals surface area contributed by atoms with Crippen LogP contribution in [0.5, 0.6) is 5.75 Å². The number of piperazine rings is 1. The van der Waals surface area contributed by atoms with Gasteiger partial charge < -0.3 is 20.6 Å². The van der Waals surface area contributed by atoms with Crippen molar-refractivity contribution in [2.24, 2.45) is 0 Å². The molecule has 1 fully saturated rings. The Labute approximate surface area is 212 Å². The number of phenolic OH excluding ortho intramolecular Hbond substituents is 1. The van der Waals surface area contributed by atoms with Crippen LogP contribution in [0, 0.1) is 10.1 Å². The monoisotopic (exact) mass is 492 g/mol. The summed E-state index contributed by atoms with van der Waals surface area (Å²) in [5, 5.41) is 30.2. The first-order valence-corrected chi connectivity index (χ1v) is 12.4. The fourth-order valence-electron chi connectivity index (χ4n) is 4.65. The molecule has 3 N–H and O–H groups in total. The minimum absolute atomic E-state index is 0.0527. The molecule has 1 saturated heterocycles. The number of hydrogen-bond acceptors (Lipinski definition) is 8. The van der Waals surface area contributed by atoms with E-state index in [2.05, 4.69) is 62.1 Å². The molecule has 192 valence electrons. The molecule has 1 aliphatic heterocycles. The van der Waals surface area contributed by atoms with Crippen LogP contribution in [-0.4, -0.2) is 46.2 Å². The van der Waals surface area contributed by atoms with Gasteiger partial charge >= 0.3 is 0 Å². The number of fused-ring (bicyclic) bond motifs is 1. The minimum Gasteiger partial charge on any atom is -0.507 e. The Morgan fingerprint density at radius 3 is 2.19 bits per heavy atom. The van der Waals surface area contributed by atoms with E-state index < -0.39 is 0 Å². The Morgan fingerprint density at radius 1 is 1.03 bits per heavy atom. The molecule has 0 spiro atoms. The number of aromatic nitrogens is 2. The van der Waals surface area contributed by atoms with Crippen LogP contribution in [-0.2, 0) is 17.4 Å². The minimum atomic E-state index is -0.335. The predicted molar refractivity (Wildman–Crippen MR) is 144 cm³/mol. The van der Waals surface area contributed by atoms with Gasteiger partial charge in [0.2, 0.25) is 0 Å². The second kappa shape index (κ2) is 9.54. The number of nitrogens with one attached hydrogen (secondary N) is 2. The lowest BCUT2D eigenvalue weighted by Crippen LogP contribution is -2.43. The van der Waals surface area contributed by atoms with Crippen LogP contribution < -0.4 is 15.5 Å². The van der Waals surface area contributed by atoms with Gasteiger partial charge in [-0.2, -0.15) is 0 Å². The number of anilines is 2. The summed E-state index contributed by atoms with van der Waals surface area (Å²) >= 11 is 0. The van der Waals surface area contributed by atoms with Crippen LogP contribution in [0.1, 0.15) is 58.2 Å². The summed E-state index contributed by atoms with van der Waals surface area (Å²) in [7, 11) is 0. The third-order valence-electron chi connectivity index (χ3n) is 6.63. The van der Waals surface area contributed by atoms with Crippen molar-refractivity contribution in [1.29, 1.82) is 0 Å². The number of aromatic hydroxyl groups is 1. The maximum atomic E-state index is 12.0. The van der Waals surface area contributed by atoms with Crippen molar-refractivity contribution >= 4 is 28.1 Å². The number of rotatable bonds is 5. The zero-order valence-electron chi connectivity index (χ0n) is 22.0. The van der Waals surface area contributed by atoms with Crippen molar-refractivity contribution in [3.05, 3.63) is 57.4 Å². The van der Waals surface area contributed by atoms with Crippen molar-refractivity contribution in [2.45, 2.75) is 58.9 Å². The predicted octanol–water partition coefficient (Wildman–Crippen LogP) is 4.86. The lowest BCUT2D eigenvalue weighted by molar-refractivity contribution is -0.384. The molecular weight excluding hydrogens is 456 g/mol. The van der Waals surface area contributed by atoms with Crippen LogP contribution >= 0.6 is 0 Å². The molecule has 2 aromatic carbocycles. The van der Waals surface area contributed by atoms with Crippen LogP contribution in [0.15, 0.2) is 30.6 Å². The summed E-state index contributed by atoms with van der Waals surface area (Å²) in [5.74, 6) is 0.875. The van der Waals surface area contributed by atoms with Crippen molar-refractivity contribution in [3.63, 3.8) is 0 Å². The van der Waals surface area contributed by atoms with Gasteiger partial charge in [-0.1, -0.05) is 41.5 Å². The van der Waals surface area contributed by atoms with Gasteiger partial charge in [-0.05, 0) is 45.7 Å². The van der Waals surface area contributed by atoms with Gasteiger partial charge in [-0.3, -0.25) is 10.1 Å². The number of nitro groups is 1. The quantitative estimate of drug-likeness (QED) is 0.342. The zero-order valence-corrected chi connectivity index (χ0v) is 22.0. The van der Waals surface area contributed by atoms with Gasteiger partial charge in [-0.25, -0.2) is 9.97 Å². The van der Waals surface area contributed by atoms with E-state index in [0.717, 1.165) is 29.8 Å². The third kappa shape index (κ3) is 5.21. The molecule has 1 aromatic heterocycles. The topological polar surface area (TPSA) is 116 Å². The Balaban J connectivity index is 1.72. The van der Waals surface area contributed by atoms with E-state index >= 15 is 0 Å². The van der Waals surface area contributed by atoms with Crippen LogP contribution in [0.4, 0.5) is 17.2 Å².